The van der Waals surface area contributed by atoms with E-state index in [1.54, 1.807) is 5.51 Å². The second-order valence-corrected chi connectivity index (χ2v) is 2.62. The monoisotopic (exact) mass is 168 g/mol. The largest absolute Gasteiger partial charge is 0.347 e. The highest BCUT2D eigenvalue weighted by Gasteiger charge is 1.95. The second-order valence-electron chi connectivity index (χ2n) is 1.90. The number of amides is 1. The summed E-state index contributed by atoms with van der Waals surface area (Å²) in [6.45, 7) is 3.81. The summed E-state index contributed by atoms with van der Waals surface area (Å²) in [5, 5.41) is 4.51. The van der Waals surface area contributed by atoms with Crippen molar-refractivity contribution < 1.29 is 4.79 Å². The lowest BCUT2D eigenvalue weighted by atomic mass is 10.4. The molecule has 1 heterocycles. The van der Waals surface area contributed by atoms with E-state index in [-0.39, 0.29) is 5.91 Å². The molecule has 0 unspecified atom stereocenters. The molecule has 0 saturated heterocycles. The molecular weight excluding hydrogens is 160 g/mol. The van der Waals surface area contributed by atoms with Crippen LogP contribution < -0.4 is 5.32 Å². The van der Waals surface area contributed by atoms with Gasteiger partial charge in [0.15, 0.2) is 0 Å². The van der Waals surface area contributed by atoms with Crippen LogP contribution in [0.15, 0.2) is 23.5 Å². The molecule has 0 aromatic carbocycles. The predicted octanol–water partition coefficient (Wildman–Crippen LogP) is 0.945. The Morgan fingerprint density at radius 1 is 1.91 bits per heavy atom. The van der Waals surface area contributed by atoms with E-state index in [4.69, 9.17) is 0 Å². The van der Waals surface area contributed by atoms with Gasteiger partial charge in [-0.1, -0.05) is 6.58 Å². The van der Waals surface area contributed by atoms with Crippen LogP contribution in [0.2, 0.25) is 0 Å². The van der Waals surface area contributed by atoms with Crippen LogP contribution in [-0.4, -0.2) is 10.9 Å². The molecule has 58 valence electrons. The van der Waals surface area contributed by atoms with Gasteiger partial charge >= 0.3 is 0 Å². The van der Waals surface area contributed by atoms with Crippen molar-refractivity contribution in [3.8, 4) is 0 Å². The minimum Gasteiger partial charge on any atom is -0.347 e. The van der Waals surface area contributed by atoms with Crippen molar-refractivity contribution in [2.24, 2.45) is 0 Å². The quantitative estimate of drug-likeness (QED) is 0.683. The van der Waals surface area contributed by atoms with Gasteiger partial charge in [0.2, 0.25) is 5.91 Å². The first-order valence-corrected chi connectivity index (χ1v) is 4.04. The third-order valence-electron chi connectivity index (χ3n) is 1.11. The fraction of sp³-hybridized carbons (Fsp3) is 0.143. The first-order chi connectivity index (χ1) is 5.33. The van der Waals surface area contributed by atoms with Crippen molar-refractivity contribution in [3.63, 3.8) is 0 Å². The molecule has 1 amide bonds. The van der Waals surface area contributed by atoms with Gasteiger partial charge in [0.1, 0.15) is 0 Å². The number of nitrogens with zero attached hydrogens (tertiary/aromatic N) is 1. The molecule has 4 heteroatoms. The summed E-state index contributed by atoms with van der Waals surface area (Å²) < 4.78 is 0. The van der Waals surface area contributed by atoms with Crippen LogP contribution in [-0.2, 0) is 11.3 Å². The van der Waals surface area contributed by atoms with Crippen molar-refractivity contribution in [1.82, 2.24) is 10.3 Å². The Balaban J connectivity index is 2.34. The van der Waals surface area contributed by atoms with E-state index in [1.807, 2.05) is 5.38 Å². The molecular formula is C7H8N2OS. The average molecular weight is 168 g/mol. The summed E-state index contributed by atoms with van der Waals surface area (Å²) >= 11 is 1.51. The molecule has 1 aromatic heterocycles. The van der Waals surface area contributed by atoms with Crippen molar-refractivity contribution in [2.75, 3.05) is 0 Å². The molecule has 0 aliphatic rings. The topological polar surface area (TPSA) is 42.0 Å². The standard InChI is InChI=1S/C7H8N2OS/c1-2-7(10)8-3-6-4-11-5-9-6/h2,4-5H,1,3H2,(H,8,10). The Labute approximate surface area is 68.8 Å². The lowest BCUT2D eigenvalue weighted by Crippen LogP contribution is -2.19. The maximum absolute atomic E-state index is 10.7. The Bertz CT molecular complexity index is 243. The van der Waals surface area contributed by atoms with Gasteiger partial charge in [-0.3, -0.25) is 4.79 Å². The highest BCUT2D eigenvalue weighted by Crippen LogP contribution is 1.99. The number of rotatable bonds is 3. The van der Waals surface area contributed by atoms with Crippen molar-refractivity contribution in [3.05, 3.63) is 29.2 Å². The number of carbonyl (C=O) groups excluding carboxylic acids is 1. The van der Waals surface area contributed by atoms with Gasteiger partial charge in [-0.25, -0.2) is 4.98 Å². The second kappa shape index (κ2) is 3.88. The normalized spacial score (nSPS) is 9.09. The maximum Gasteiger partial charge on any atom is 0.243 e. The average Bonchev–Trinajstić information content (AvgIpc) is 2.52. The number of aromatic nitrogens is 1. The van der Waals surface area contributed by atoms with Crippen molar-refractivity contribution in [1.29, 1.82) is 0 Å². The zero-order valence-electron chi connectivity index (χ0n) is 5.91. The molecule has 1 rings (SSSR count). The highest BCUT2D eigenvalue weighted by atomic mass is 32.1. The fourth-order valence-corrected chi connectivity index (χ4v) is 1.13. The lowest BCUT2D eigenvalue weighted by Gasteiger charge is -1.96. The van der Waals surface area contributed by atoms with Crippen LogP contribution in [0.25, 0.3) is 0 Å². The summed E-state index contributed by atoms with van der Waals surface area (Å²) in [7, 11) is 0. The molecule has 11 heavy (non-hydrogen) atoms. The van der Waals surface area contributed by atoms with Crippen LogP contribution in [0.5, 0.6) is 0 Å². The van der Waals surface area contributed by atoms with Crippen LogP contribution in [0.1, 0.15) is 5.69 Å². The first-order valence-electron chi connectivity index (χ1n) is 3.10. The smallest absolute Gasteiger partial charge is 0.243 e. The summed E-state index contributed by atoms with van der Waals surface area (Å²) in [6, 6.07) is 0. The lowest BCUT2D eigenvalue weighted by molar-refractivity contribution is -0.116. The molecule has 0 aliphatic heterocycles. The van der Waals surface area contributed by atoms with Crippen molar-refractivity contribution >= 4 is 17.2 Å². The molecule has 0 saturated carbocycles. The van der Waals surface area contributed by atoms with E-state index in [1.165, 1.54) is 17.4 Å². The summed E-state index contributed by atoms with van der Waals surface area (Å²) in [4.78, 5) is 14.6. The number of carbonyl (C=O) groups is 1. The van der Waals surface area contributed by atoms with Gasteiger partial charge in [-0.15, -0.1) is 11.3 Å². The van der Waals surface area contributed by atoms with E-state index in [0.29, 0.717) is 6.54 Å². The zero-order chi connectivity index (χ0) is 8.10. The van der Waals surface area contributed by atoms with Crippen LogP contribution >= 0.6 is 11.3 Å². The van der Waals surface area contributed by atoms with E-state index >= 15 is 0 Å². The van der Waals surface area contributed by atoms with Gasteiger partial charge in [0, 0.05) is 5.38 Å². The van der Waals surface area contributed by atoms with E-state index in [9.17, 15) is 4.79 Å². The molecule has 0 fully saturated rings. The number of hydrogen-bond donors (Lipinski definition) is 1. The Hall–Kier alpha value is -1.16. The first kappa shape index (κ1) is 7.94. The molecule has 0 atom stereocenters. The Morgan fingerprint density at radius 2 is 2.73 bits per heavy atom. The highest BCUT2D eigenvalue weighted by molar-refractivity contribution is 7.07. The van der Waals surface area contributed by atoms with E-state index in [0.717, 1.165) is 5.69 Å². The molecule has 1 aromatic rings. The summed E-state index contributed by atoms with van der Waals surface area (Å²) in [5.74, 6) is -0.169. The molecule has 0 radical (unpaired) electrons. The van der Waals surface area contributed by atoms with Crippen LogP contribution in [0.3, 0.4) is 0 Å². The minimum absolute atomic E-state index is 0.169. The third-order valence-corrected chi connectivity index (χ3v) is 1.75. The summed E-state index contributed by atoms with van der Waals surface area (Å²) in [6.07, 6.45) is 1.24. The van der Waals surface area contributed by atoms with Gasteiger partial charge < -0.3 is 5.32 Å². The van der Waals surface area contributed by atoms with E-state index < -0.39 is 0 Å². The van der Waals surface area contributed by atoms with Crippen LogP contribution in [0, 0.1) is 0 Å². The molecule has 0 aliphatic carbocycles. The SMILES string of the molecule is C=CC(=O)NCc1cscn1. The van der Waals surface area contributed by atoms with E-state index in [2.05, 4.69) is 16.9 Å². The molecule has 3 nitrogen and oxygen atoms in total. The Kier molecular flexibility index (Phi) is 2.80. The maximum atomic E-state index is 10.7. The summed E-state index contributed by atoms with van der Waals surface area (Å²) in [5.41, 5.74) is 2.61. The number of nitrogens with one attached hydrogen (secondary N) is 1. The number of hydrogen-bond acceptors (Lipinski definition) is 3. The van der Waals surface area contributed by atoms with Gasteiger partial charge in [-0.05, 0) is 6.08 Å². The van der Waals surface area contributed by atoms with Crippen molar-refractivity contribution in [2.45, 2.75) is 6.54 Å². The van der Waals surface area contributed by atoms with Gasteiger partial charge in [0.05, 0.1) is 17.7 Å². The van der Waals surface area contributed by atoms with Gasteiger partial charge in [-0.2, -0.15) is 0 Å². The molecule has 1 N–H and O–H groups in total. The molecule has 0 bridgehead atoms. The molecule has 0 spiro atoms. The number of thiazole rings is 1. The van der Waals surface area contributed by atoms with Gasteiger partial charge in [0.25, 0.3) is 0 Å². The fourth-order valence-electron chi connectivity index (χ4n) is 0.575. The van der Waals surface area contributed by atoms with Crippen LogP contribution in [0.4, 0.5) is 0 Å². The predicted molar refractivity (Wildman–Crippen MR) is 44.2 cm³/mol. The Morgan fingerprint density at radius 3 is 3.27 bits per heavy atom. The zero-order valence-corrected chi connectivity index (χ0v) is 6.73. The third kappa shape index (κ3) is 2.51. The minimum atomic E-state index is -0.169.